The second kappa shape index (κ2) is 8.65. The van der Waals surface area contributed by atoms with Gasteiger partial charge in [-0.15, -0.1) is 0 Å². The SMILES string of the molecule is CCNC(Cc1c(Cl)c(CC)nn1CC)CC(C)OC. The van der Waals surface area contributed by atoms with Gasteiger partial charge in [-0.2, -0.15) is 5.10 Å². The Morgan fingerprint density at radius 2 is 2.05 bits per heavy atom. The van der Waals surface area contributed by atoms with Crippen molar-refractivity contribution in [3.8, 4) is 0 Å². The Morgan fingerprint density at radius 1 is 1.35 bits per heavy atom. The topological polar surface area (TPSA) is 39.1 Å². The first-order valence-corrected chi connectivity index (χ1v) is 7.95. The van der Waals surface area contributed by atoms with Crippen LogP contribution >= 0.6 is 11.6 Å². The van der Waals surface area contributed by atoms with Crippen LogP contribution in [0.2, 0.25) is 5.02 Å². The number of ether oxygens (including phenoxy) is 1. The van der Waals surface area contributed by atoms with Gasteiger partial charge >= 0.3 is 0 Å². The van der Waals surface area contributed by atoms with Crippen LogP contribution in [0.3, 0.4) is 0 Å². The van der Waals surface area contributed by atoms with Crippen LogP contribution in [0.4, 0.5) is 0 Å². The number of aromatic nitrogens is 2. The maximum atomic E-state index is 6.48. The van der Waals surface area contributed by atoms with Crippen molar-refractivity contribution in [2.75, 3.05) is 13.7 Å². The third-order valence-electron chi connectivity index (χ3n) is 3.65. The van der Waals surface area contributed by atoms with Crippen molar-refractivity contribution in [1.29, 1.82) is 0 Å². The Kier molecular flexibility index (Phi) is 7.56. The Hall–Kier alpha value is -0.580. The Balaban J connectivity index is 2.89. The van der Waals surface area contributed by atoms with Gasteiger partial charge < -0.3 is 10.1 Å². The molecule has 0 aliphatic rings. The van der Waals surface area contributed by atoms with Gasteiger partial charge in [0.2, 0.25) is 0 Å². The van der Waals surface area contributed by atoms with E-state index in [0.29, 0.717) is 6.04 Å². The first kappa shape index (κ1) is 17.5. The number of hydrogen-bond donors (Lipinski definition) is 1. The summed E-state index contributed by atoms with van der Waals surface area (Å²) in [6, 6.07) is 0.360. The highest BCUT2D eigenvalue weighted by molar-refractivity contribution is 6.31. The molecule has 4 nitrogen and oxygen atoms in total. The Labute approximate surface area is 127 Å². The summed E-state index contributed by atoms with van der Waals surface area (Å²) in [4.78, 5) is 0. The molecule has 0 bridgehead atoms. The molecule has 0 fully saturated rings. The standard InChI is InChI=1S/C15H28ClN3O/c1-6-13-15(16)14(19(8-3)18-13)10-12(17-7-2)9-11(4)20-5/h11-12,17H,6-10H2,1-5H3. The average molecular weight is 302 g/mol. The van der Waals surface area contributed by atoms with Crippen LogP contribution in [0.15, 0.2) is 0 Å². The lowest BCUT2D eigenvalue weighted by molar-refractivity contribution is 0.100. The van der Waals surface area contributed by atoms with Gasteiger partial charge in [0, 0.05) is 26.1 Å². The van der Waals surface area contributed by atoms with Crippen LogP contribution in [0.1, 0.15) is 45.5 Å². The molecule has 0 aliphatic heterocycles. The fourth-order valence-electron chi connectivity index (χ4n) is 2.47. The molecule has 5 heteroatoms. The molecule has 116 valence electrons. The monoisotopic (exact) mass is 301 g/mol. The van der Waals surface area contributed by atoms with Gasteiger partial charge in [-0.05, 0) is 33.2 Å². The van der Waals surface area contributed by atoms with Crippen molar-refractivity contribution in [3.63, 3.8) is 0 Å². The summed E-state index contributed by atoms with van der Waals surface area (Å²) < 4.78 is 7.41. The number of nitrogens with one attached hydrogen (secondary N) is 1. The molecule has 20 heavy (non-hydrogen) atoms. The van der Waals surface area contributed by atoms with E-state index in [1.165, 1.54) is 0 Å². The number of rotatable bonds is 9. The smallest absolute Gasteiger partial charge is 0.0850 e. The van der Waals surface area contributed by atoms with Crippen LogP contribution in [0.25, 0.3) is 0 Å². The molecule has 0 saturated carbocycles. The van der Waals surface area contributed by atoms with Crippen LogP contribution in [0.5, 0.6) is 0 Å². The fourth-order valence-corrected chi connectivity index (χ4v) is 2.82. The van der Waals surface area contributed by atoms with Crippen molar-refractivity contribution < 1.29 is 4.74 Å². The quantitative estimate of drug-likeness (QED) is 0.762. The van der Waals surface area contributed by atoms with Crippen LogP contribution in [0, 0.1) is 0 Å². The minimum Gasteiger partial charge on any atom is -0.382 e. The van der Waals surface area contributed by atoms with E-state index in [1.807, 2.05) is 4.68 Å². The minimum absolute atomic E-state index is 0.237. The van der Waals surface area contributed by atoms with E-state index in [2.05, 4.69) is 38.1 Å². The summed E-state index contributed by atoms with van der Waals surface area (Å²) >= 11 is 6.48. The largest absolute Gasteiger partial charge is 0.382 e. The lowest BCUT2D eigenvalue weighted by Gasteiger charge is -2.21. The molecule has 2 atom stereocenters. The number of nitrogens with zero attached hydrogens (tertiary/aromatic N) is 2. The summed E-state index contributed by atoms with van der Waals surface area (Å²) in [6.45, 7) is 10.2. The van der Waals surface area contributed by atoms with Gasteiger partial charge in [-0.25, -0.2) is 0 Å². The molecule has 1 aromatic rings. The van der Waals surface area contributed by atoms with Crippen molar-refractivity contribution in [2.24, 2.45) is 0 Å². The van der Waals surface area contributed by atoms with Crippen molar-refractivity contribution >= 4 is 11.6 Å². The van der Waals surface area contributed by atoms with Gasteiger partial charge in [-0.3, -0.25) is 4.68 Å². The molecule has 0 aromatic carbocycles. The van der Waals surface area contributed by atoms with E-state index in [4.69, 9.17) is 16.3 Å². The third-order valence-corrected chi connectivity index (χ3v) is 4.08. The second-order valence-corrected chi connectivity index (χ2v) is 5.50. The molecule has 2 unspecified atom stereocenters. The molecule has 0 amide bonds. The Morgan fingerprint density at radius 3 is 2.55 bits per heavy atom. The highest BCUT2D eigenvalue weighted by atomic mass is 35.5. The summed E-state index contributed by atoms with van der Waals surface area (Å²) in [7, 11) is 1.76. The highest BCUT2D eigenvalue weighted by Gasteiger charge is 2.20. The number of halogens is 1. The van der Waals surface area contributed by atoms with E-state index in [1.54, 1.807) is 7.11 Å². The van der Waals surface area contributed by atoms with E-state index in [9.17, 15) is 0 Å². The van der Waals surface area contributed by atoms with Crippen molar-refractivity contribution in [2.45, 2.75) is 65.6 Å². The third kappa shape index (κ3) is 4.47. The van der Waals surface area contributed by atoms with Gasteiger partial charge in [0.1, 0.15) is 0 Å². The first-order valence-electron chi connectivity index (χ1n) is 7.57. The summed E-state index contributed by atoms with van der Waals surface area (Å²) in [5, 5.41) is 8.94. The molecule has 0 spiro atoms. The number of methoxy groups -OCH3 is 1. The van der Waals surface area contributed by atoms with Crippen LogP contribution in [-0.2, 0) is 24.1 Å². The molecule has 1 rings (SSSR count). The van der Waals surface area contributed by atoms with Crippen LogP contribution < -0.4 is 5.32 Å². The molecular formula is C15H28ClN3O. The highest BCUT2D eigenvalue weighted by Crippen LogP contribution is 2.23. The lowest BCUT2D eigenvalue weighted by Crippen LogP contribution is -2.35. The predicted octanol–water partition coefficient (Wildman–Crippen LogP) is 3.06. The summed E-state index contributed by atoms with van der Waals surface area (Å²) in [5.74, 6) is 0. The zero-order chi connectivity index (χ0) is 15.1. The summed E-state index contributed by atoms with van der Waals surface area (Å²) in [5.41, 5.74) is 2.14. The van der Waals surface area contributed by atoms with E-state index in [-0.39, 0.29) is 6.10 Å². The molecule has 1 heterocycles. The van der Waals surface area contributed by atoms with Gasteiger partial charge in [0.15, 0.2) is 0 Å². The van der Waals surface area contributed by atoms with Crippen LogP contribution in [-0.4, -0.2) is 35.6 Å². The van der Waals surface area contributed by atoms with Gasteiger partial charge in [0.05, 0.1) is 22.5 Å². The number of hydrogen-bond acceptors (Lipinski definition) is 3. The molecule has 1 aromatic heterocycles. The predicted molar refractivity (Wildman–Crippen MR) is 84.5 cm³/mol. The Bertz CT molecular complexity index is 406. The van der Waals surface area contributed by atoms with E-state index >= 15 is 0 Å². The van der Waals surface area contributed by atoms with Crippen molar-refractivity contribution in [3.05, 3.63) is 16.4 Å². The second-order valence-electron chi connectivity index (χ2n) is 5.12. The normalized spacial score (nSPS) is 14.5. The fraction of sp³-hybridized carbons (Fsp3) is 0.800. The molecule has 0 saturated heterocycles. The summed E-state index contributed by atoms with van der Waals surface area (Å²) in [6.07, 6.45) is 2.97. The minimum atomic E-state index is 0.237. The van der Waals surface area contributed by atoms with E-state index in [0.717, 1.165) is 48.8 Å². The maximum Gasteiger partial charge on any atom is 0.0850 e. The zero-order valence-corrected chi connectivity index (χ0v) is 14.1. The maximum absolute atomic E-state index is 6.48. The average Bonchev–Trinajstić information content (AvgIpc) is 2.75. The molecular weight excluding hydrogens is 274 g/mol. The zero-order valence-electron chi connectivity index (χ0n) is 13.4. The molecule has 1 N–H and O–H groups in total. The van der Waals surface area contributed by atoms with Gasteiger partial charge in [-0.1, -0.05) is 25.4 Å². The van der Waals surface area contributed by atoms with Crippen molar-refractivity contribution in [1.82, 2.24) is 15.1 Å². The number of likely N-dealkylation sites (N-methyl/N-ethyl adjacent to an activating group) is 1. The first-order chi connectivity index (χ1) is 9.57. The van der Waals surface area contributed by atoms with E-state index < -0.39 is 0 Å². The van der Waals surface area contributed by atoms with Gasteiger partial charge in [0.25, 0.3) is 0 Å². The molecule has 0 aliphatic carbocycles. The number of aryl methyl sites for hydroxylation is 2. The molecule has 0 radical (unpaired) electrons. The lowest BCUT2D eigenvalue weighted by atomic mass is 10.0.